The molecule has 1 heterocycles. The van der Waals surface area contributed by atoms with Crippen molar-refractivity contribution >= 4 is 6.09 Å². The maximum absolute atomic E-state index is 13.2. The van der Waals surface area contributed by atoms with Crippen LogP contribution < -0.4 is 5.32 Å². The number of alkyl carbamates (subject to hydrolysis) is 1. The molecular formula is C23H21FN2O4. The number of halogens is 1. The molecule has 2 atom stereocenters. The van der Waals surface area contributed by atoms with Crippen molar-refractivity contribution in [1.29, 1.82) is 0 Å². The summed E-state index contributed by atoms with van der Waals surface area (Å²) in [5.74, 6) is -0.647. The number of aromatic nitrogens is 1. The van der Waals surface area contributed by atoms with Crippen LogP contribution in [0, 0.1) is 5.82 Å². The van der Waals surface area contributed by atoms with Crippen LogP contribution in [0.5, 0.6) is 0 Å². The molecule has 0 radical (unpaired) electrons. The van der Waals surface area contributed by atoms with Gasteiger partial charge < -0.3 is 20.3 Å². The van der Waals surface area contributed by atoms with E-state index < -0.39 is 24.1 Å². The lowest BCUT2D eigenvalue weighted by Crippen LogP contribution is -2.36. The Bertz CT molecular complexity index is 1010. The summed E-state index contributed by atoms with van der Waals surface area (Å²) in [5, 5.41) is 22.6. The fourth-order valence-corrected chi connectivity index (χ4v) is 3.73. The Morgan fingerprint density at radius 2 is 1.70 bits per heavy atom. The molecule has 2 unspecified atom stereocenters. The van der Waals surface area contributed by atoms with Crippen molar-refractivity contribution in [3.8, 4) is 11.1 Å². The predicted octanol–water partition coefficient (Wildman–Crippen LogP) is 3.15. The first-order valence-corrected chi connectivity index (χ1v) is 9.61. The van der Waals surface area contributed by atoms with Crippen LogP contribution in [0.2, 0.25) is 0 Å². The van der Waals surface area contributed by atoms with Gasteiger partial charge in [0, 0.05) is 18.7 Å². The van der Waals surface area contributed by atoms with Crippen LogP contribution in [0.1, 0.15) is 28.8 Å². The Balaban J connectivity index is 1.34. The number of carbonyl (C=O) groups is 1. The number of amides is 1. The standard InChI is InChI=1S/C23H21FN2O4/c24-14-9-10-25-20(11-14)22(28)21(27)12-26-23(29)30-13-19-17-7-3-1-5-15(17)16-6-2-4-8-18(16)19/h1-11,19,21-22,27-28H,12-13H2,(H,26,29). The Morgan fingerprint density at radius 3 is 2.33 bits per heavy atom. The van der Waals surface area contributed by atoms with Gasteiger partial charge in [-0.25, -0.2) is 9.18 Å². The molecule has 3 N–H and O–H groups in total. The molecule has 30 heavy (non-hydrogen) atoms. The van der Waals surface area contributed by atoms with E-state index >= 15 is 0 Å². The number of nitrogens with one attached hydrogen (secondary N) is 1. The second kappa shape index (κ2) is 8.61. The number of pyridine rings is 1. The monoisotopic (exact) mass is 408 g/mol. The van der Waals surface area contributed by atoms with E-state index in [1.54, 1.807) is 0 Å². The summed E-state index contributed by atoms with van der Waals surface area (Å²) in [5.41, 5.74) is 4.43. The van der Waals surface area contributed by atoms with E-state index in [0.29, 0.717) is 0 Å². The minimum atomic E-state index is -1.44. The zero-order valence-corrected chi connectivity index (χ0v) is 16.0. The van der Waals surface area contributed by atoms with Gasteiger partial charge in [-0.3, -0.25) is 4.98 Å². The molecule has 0 saturated heterocycles. The van der Waals surface area contributed by atoms with Gasteiger partial charge >= 0.3 is 6.09 Å². The molecule has 1 amide bonds. The number of carbonyl (C=O) groups excluding carboxylic acids is 1. The highest BCUT2D eigenvalue weighted by molar-refractivity contribution is 5.79. The summed E-state index contributed by atoms with van der Waals surface area (Å²) in [6.45, 7) is -0.125. The van der Waals surface area contributed by atoms with Crippen molar-refractivity contribution in [1.82, 2.24) is 10.3 Å². The van der Waals surface area contributed by atoms with Crippen molar-refractivity contribution in [3.63, 3.8) is 0 Å². The second-order valence-corrected chi connectivity index (χ2v) is 7.12. The van der Waals surface area contributed by atoms with E-state index in [9.17, 15) is 19.4 Å². The first-order valence-electron chi connectivity index (χ1n) is 9.61. The minimum absolute atomic E-state index is 0.0168. The van der Waals surface area contributed by atoms with E-state index in [0.717, 1.165) is 34.4 Å². The Hall–Kier alpha value is -3.29. The van der Waals surface area contributed by atoms with Crippen LogP contribution in [-0.4, -0.2) is 40.5 Å². The molecule has 1 aliphatic rings. The van der Waals surface area contributed by atoms with Crippen LogP contribution >= 0.6 is 0 Å². The molecule has 0 bridgehead atoms. The summed E-state index contributed by atoms with van der Waals surface area (Å²) in [6, 6.07) is 18.2. The van der Waals surface area contributed by atoms with Crippen LogP contribution in [0.3, 0.4) is 0 Å². The molecule has 154 valence electrons. The van der Waals surface area contributed by atoms with Gasteiger partial charge in [0.05, 0.1) is 5.69 Å². The summed E-state index contributed by atoms with van der Waals surface area (Å²) in [7, 11) is 0. The number of fused-ring (bicyclic) bond motifs is 3. The fraction of sp³-hybridized carbons (Fsp3) is 0.217. The molecule has 0 saturated carbocycles. The van der Waals surface area contributed by atoms with E-state index in [-0.39, 0.29) is 24.8 Å². The van der Waals surface area contributed by atoms with Crippen LogP contribution in [-0.2, 0) is 4.74 Å². The number of nitrogens with zero attached hydrogens (tertiary/aromatic N) is 1. The molecule has 3 aromatic rings. The second-order valence-electron chi connectivity index (χ2n) is 7.12. The molecule has 0 fully saturated rings. The van der Waals surface area contributed by atoms with Crippen molar-refractivity contribution in [2.75, 3.05) is 13.2 Å². The number of ether oxygens (including phenoxy) is 1. The average molecular weight is 408 g/mol. The maximum Gasteiger partial charge on any atom is 0.407 e. The van der Waals surface area contributed by atoms with Gasteiger partial charge in [-0.05, 0) is 34.4 Å². The lowest BCUT2D eigenvalue weighted by molar-refractivity contribution is 0.0159. The molecule has 6 nitrogen and oxygen atoms in total. The van der Waals surface area contributed by atoms with Gasteiger partial charge in [0.15, 0.2) is 0 Å². The molecular weight excluding hydrogens is 387 g/mol. The van der Waals surface area contributed by atoms with Crippen molar-refractivity contribution < 1.29 is 24.1 Å². The third-order valence-electron chi connectivity index (χ3n) is 5.21. The smallest absolute Gasteiger partial charge is 0.407 e. The van der Waals surface area contributed by atoms with Gasteiger partial charge in [-0.1, -0.05) is 48.5 Å². The van der Waals surface area contributed by atoms with Crippen molar-refractivity contribution in [2.45, 2.75) is 18.1 Å². The normalized spacial score (nSPS) is 14.5. The topological polar surface area (TPSA) is 91.7 Å². The third kappa shape index (κ3) is 4.03. The van der Waals surface area contributed by atoms with Crippen LogP contribution in [0.15, 0.2) is 66.9 Å². The van der Waals surface area contributed by atoms with Crippen LogP contribution in [0.4, 0.5) is 9.18 Å². The van der Waals surface area contributed by atoms with E-state index in [1.807, 2.05) is 48.5 Å². The highest BCUT2D eigenvalue weighted by Crippen LogP contribution is 2.44. The number of rotatable bonds is 6. The molecule has 7 heteroatoms. The third-order valence-corrected chi connectivity index (χ3v) is 5.21. The average Bonchev–Trinajstić information content (AvgIpc) is 3.09. The Morgan fingerprint density at radius 1 is 1.07 bits per heavy atom. The number of aliphatic hydroxyl groups is 2. The number of hydrogen-bond donors (Lipinski definition) is 3. The van der Waals surface area contributed by atoms with Crippen molar-refractivity contribution in [3.05, 3.63) is 89.5 Å². The highest BCUT2D eigenvalue weighted by atomic mass is 19.1. The van der Waals surface area contributed by atoms with Gasteiger partial charge in [0.2, 0.25) is 0 Å². The first kappa shape index (κ1) is 20.0. The van der Waals surface area contributed by atoms with Gasteiger partial charge in [0.1, 0.15) is 24.6 Å². The number of hydrogen-bond acceptors (Lipinski definition) is 5. The number of aliphatic hydroxyl groups excluding tert-OH is 2. The predicted molar refractivity (Wildman–Crippen MR) is 108 cm³/mol. The molecule has 0 spiro atoms. The van der Waals surface area contributed by atoms with E-state index in [2.05, 4.69) is 10.3 Å². The molecule has 1 aliphatic carbocycles. The maximum atomic E-state index is 13.2. The Kier molecular flexibility index (Phi) is 5.74. The summed E-state index contributed by atoms with van der Waals surface area (Å²) in [4.78, 5) is 16.0. The summed E-state index contributed by atoms with van der Waals surface area (Å²) < 4.78 is 18.6. The summed E-state index contributed by atoms with van der Waals surface area (Å²) >= 11 is 0. The Labute approximate surface area is 173 Å². The largest absolute Gasteiger partial charge is 0.449 e. The first-order chi connectivity index (χ1) is 14.5. The fourth-order valence-electron chi connectivity index (χ4n) is 3.73. The molecule has 0 aliphatic heterocycles. The minimum Gasteiger partial charge on any atom is -0.449 e. The number of benzene rings is 2. The quantitative estimate of drug-likeness (QED) is 0.583. The highest BCUT2D eigenvalue weighted by Gasteiger charge is 2.29. The van der Waals surface area contributed by atoms with Crippen LogP contribution in [0.25, 0.3) is 11.1 Å². The molecule has 1 aromatic heterocycles. The summed E-state index contributed by atoms with van der Waals surface area (Å²) in [6.07, 6.45) is -2.32. The van der Waals surface area contributed by atoms with E-state index in [1.165, 1.54) is 6.20 Å². The van der Waals surface area contributed by atoms with E-state index in [4.69, 9.17) is 4.74 Å². The van der Waals surface area contributed by atoms with Gasteiger partial charge in [0.25, 0.3) is 0 Å². The zero-order chi connectivity index (χ0) is 21.1. The van der Waals surface area contributed by atoms with Gasteiger partial charge in [-0.2, -0.15) is 0 Å². The van der Waals surface area contributed by atoms with Gasteiger partial charge in [-0.15, -0.1) is 0 Å². The lowest BCUT2D eigenvalue weighted by atomic mass is 9.98. The SMILES string of the molecule is O=C(NCC(O)C(O)c1cc(F)ccn1)OCC1c2ccccc2-c2ccccc21. The lowest BCUT2D eigenvalue weighted by Gasteiger charge is -2.18. The molecule has 2 aromatic carbocycles. The van der Waals surface area contributed by atoms with Crippen molar-refractivity contribution in [2.24, 2.45) is 0 Å². The molecule has 4 rings (SSSR count). The zero-order valence-electron chi connectivity index (χ0n) is 16.0.